The van der Waals surface area contributed by atoms with Gasteiger partial charge in [-0.05, 0) is 54.3 Å². The van der Waals surface area contributed by atoms with Crippen LogP contribution >= 0.6 is 22.6 Å². The molecule has 1 aromatic carbocycles. The van der Waals surface area contributed by atoms with Gasteiger partial charge in [-0.25, -0.2) is 4.39 Å². The molecule has 0 spiro atoms. The van der Waals surface area contributed by atoms with Gasteiger partial charge in [-0.15, -0.1) is 11.8 Å². The average molecular weight is 317 g/mol. The van der Waals surface area contributed by atoms with Gasteiger partial charge in [-0.1, -0.05) is 6.07 Å². The predicted octanol–water partition coefficient (Wildman–Crippen LogP) is 3.10. The van der Waals surface area contributed by atoms with Gasteiger partial charge in [0.1, 0.15) is 5.82 Å². The van der Waals surface area contributed by atoms with Crippen LogP contribution < -0.4 is 5.32 Å². The van der Waals surface area contributed by atoms with E-state index in [1.54, 1.807) is 6.07 Å². The molecule has 1 atom stereocenters. The lowest BCUT2D eigenvalue weighted by Crippen LogP contribution is -2.16. The summed E-state index contributed by atoms with van der Waals surface area (Å²) in [5.74, 6) is 5.70. The molecule has 3 heteroatoms. The SMILES string of the molecule is CC#CCC(NC)c1ccc(F)cc1I. The van der Waals surface area contributed by atoms with Gasteiger partial charge in [-0.2, -0.15) is 0 Å². The maximum Gasteiger partial charge on any atom is 0.124 e. The minimum Gasteiger partial charge on any atom is -0.312 e. The number of hydrogen-bond acceptors (Lipinski definition) is 1. The lowest BCUT2D eigenvalue weighted by atomic mass is 10.0. The standard InChI is InChI=1S/C12H13FIN/c1-3-4-5-12(15-2)10-7-6-9(13)8-11(10)14/h6-8,12,15H,5H2,1-2H3. The minimum absolute atomic E-state index is 0.171. The Balaban J connectivity index is 2.94. The van der Waals surface area contributed by atoms with Crippen LogP contribution in [0.1, 0.15) is 24.9 Å². The van der Waals surface area contributed by atoms with E-state index < -0.39 is 0 Å². The van der Waals surface area contributed by atoms with Crippen molar-refractivity contribution in [2.24, 2.45) is 0 Å². The summed E-state index contributed by atoms with van der Waals surface area (Å²) in [5.41, 5.74) is 1.10. The lowest BCUT2D eigenvalue weighted by molar-refractivity contribution is 0.597. The third kappa shape index (κ3) is 3.47. The van der Waals surface area contributed by atoms with Crippen molar-refractivity contribution in [1.82, 2.24) is 5.32 Å². The Hall–Kier alpha value is -0.600. The second kappa shape index (κ2) is 6.09. The summed E-state index contributed by atoms with van der Waals surface area (Å²) in [6, 6.07) is 5.01. The molecule has 0 aliphatic carbocycles. The molecule has 0 aliphatic rings. The van der Waals surface area contributed by atoms with Crippen LogP contribution in [-0.4, -0.2) is 7.05 Å². The van der Waals surface area contributed by atoms with E-state index in [-0.39, 0.29) is 11.9 Å². The third-order valence-electron chi connectivity index (χ3n) is 2.17. The Morgan fingerprint density at radius 3 is 2.80 bits per heavy atom. The first kappa shape index (κ1) is 12.5. The molecule has 1 unspecified atom stereocenters. The fourth-order valence-corrected chi connectivity index (χ4v) is 2.21. The van der Waals surface area contributed by atoms with Gasteiger partial charge in [0.2, 0.25) is 0 Å². The van der Waals surface area contributed by atoms with Crippen molar-refractivity contribution in [2.75, 3.05) is 7.05 Å². The number of nitrogens with one attached hydrogen (secondary N) is 1. The largest absolute Gasteiger partial charge is 0.312 e. The Kier molecular flexibility index (Phi) is 5.06. The molecule has 1 rings (SSSR count). The van der Waals surface area contributed by atoms with Crippen LogP contribution in [0.2, 0.25) is 0 Å². The zero-order valence-electron chi connectivity index (χ0n) is 8.77. The minimum atomic E-state index is -0.195. The fraction of sp³-hybridized carbons (Fsp3) is 0.333. The summed E-state index contributed by atoms with van der Waals surface area (Å²) in [6.07, 6.45) is 0.745. The Morgan fingerprint density at radius 1 is 1.53 bits per heavy atom. The van der Waals surface area contributed by atoms with Crippen LogP contribution in [0, 0.1) is 21.2 Å². The molecule has 1 N–H and O–H groups in total. The van der Waals surface area contributed by atoms with Gasteiger partial charge in [0.25, 0.3) is 0 Å². The van der Waals surface area contributed by atoms with Crippen LogP contribution in [0.5, 0.6) is 0 Å². The van der Waals surface area contributed by atoms with Gasteiger partial charge in [0.15, 0.2) is 0 Å². The first-order valence-corrected chi connectivity index (χ1v) is 5.78. The van der Waals surface area contributed by atoms with Crippen molar-refractivity contribution in [3.63, 3.8) is 0 Å². The summed E-state index contributed by atoms with van der Waals surface area (Å²) in [5, 5.41) is 3.18. The molecule has 15 heavy (non-hydrogen) atoms. The first-order chi connectivity index (χ1) is 7.19. The quantitative estimate of drug-likeness (QED) is 0.667. The van der Waals surface area contributed by atoms with Gasteiger partial charge in [-0.3, -0.25) is 0 Å². The average Bonchev–Trinajstić information content (AvgIpc) is 2.21. The monoisotopic (exact) mass is 317 g/mol. The van der Waals surface area contributed by atoms with Crippen molar-refractivity contribution < 1.29 is 4.39 Å². The van der Waals surface area contributed by atoms with Crippen LogP contribution in [0.4, 0.5) is 4.39 Å². The Labute approximate surface area is 104 Å². The topological polar surface area (TPSA) is 12.0 Å². The molecule has 0 bridgehead atoms. The molecule has 0 fully saturated rings. The van der Waals surface area contributed by atoms with Crippen LogP contribution in [0.25, 0.3) is 0 Å². The smallest absolute Gasteiger partial charge is 0.124 e. The molecule has 0 saturated carbocycles. The molecule has 0 amide bonds. The molecule has 80 valence electrons. The van der Waals surface area contributed by atoms with Crippen molar-refractivity contribution in [3.8, 4) is 11.8 Å². The van der Waals surface area contributed by atoms with Crippen molar-refractivity contribution in [2.45, 2.75) is 19.4 Å². The molecule has 1 aromatic rings. The predicted molar refractivity (Wildman–Crippen MR) is 69.0 cm³/mol. The Morgan fingerprint density at radius 2 is 2.27 bits per heavy atom. The summed E-state index contributed by atoms with van der Waals surface area (Å²) >= 11 is 2.15. The normalized spacial score (nSPS) is 11.7. The zero-order valence-corrected chi connectivity index (χ0v) is 10.9. The van der Waals surface area contributed by atoms with E-state index in [1.165, 1.54) is 6.07 Å². The molecule has 0 heterocycles. The van der Waals surface area contributed by atoms with Crippen LogP contribution in [0.15, 0.2) is 18.2 Å². The van der Waals surface area contributed by atoms with E-state index in [1.807, 2.05) is 20.0 Å². The van der Waals surface area contributed by atoms with E-state index in [9.17, 15) is 4.39 Å². The van der Waals surface area contributed by atoms with Crippen molar-refractivity contribution in [3.05, 3.63) is 33.1 Å². The van der Waals surface area contributed by atoms with Gasteiger partial charge in [0, 0.05) is 16.0 Å². The summed E-state index contributed by atoms with van der Waals surface area (Å²) in [6.45, 7) is 1.82. The fourth-order valence-electron chi connectivity index (χ4n) is 1.36. The molecule has 0 aromatic heterocycles. The highest BCUT2D eigenvalue weighted by Gasteiger charge is 2.11. The molecule has 0 saturated heterocycles. The lowest BCUT2D eigenvalue weighted by Gasteiger charge is -2.15. The van der Waals surface area contributed by atoms with E-state index in [0.29, 0.717) is 0 Å². The highest BCUT2D eigenvalue weighted by atomic mass is 127. The summed E-state index contributed by atoms with van der Waals surface area (Å²) in [7, 11) is 1.89. The van der Waals surface area contributed by atoms with Gasteiger partial charge in [0.05, 0.1) is 0 Å². The molecule has 0 radical (unpaired) electrons. The van der Waals surface area contributed by atoms with Gasteiger partial charge < -0.3 is 5.32 Å². The van der Waals surface area contributed by atoms with Crippen LogP contribution in [-0.2, 0) is 0 Å². The maximum atomic E-state index is 12.9. The highest BCUT2D eigenvalue weighted by Crippen LogP contribution is 2.22. The van der Waals surface area contributed by atoms with Crippen LogP contribution in [0.3, 0.4) is 0 Å². The number of halogens is 2. The van der Waals surface area contributed by atoms with E-state index in [4.69, 9.17) is 0 Å². The second-order valence-electron chi connectivity index (χ2n) is 3.14. The summed E-state index contributed by atoms with van der Waals surface area (Å²) in [4.78, 5) is 0. The van der Waals surface area contributed by atoms with E-state index in [0.717, 1.165) is 15.6 Å². The van der Waals surface area contributed by atoms with E-state index in [2.05, 4.69) is 39.7 Å². The van der Waals surface area contributed by atoms with Gasteiger partial charge >= 0.3 is 0 Å². The maximum absolute atomic E-state index is 12.9. The Bertz CT molecular complexity index is 392. The summed E-state index contributed by atoms with van der Waals surface area (Å²) < 4.78 is 13.8. The first-order valence-electron chi connectivity index (χ1n) is 4.71. The third-order valence-corrected chi connectivity index (χ3v) is 3.10. The zero-order chi connectivity index (χ0) is 11.3. The molecular weight excluding hydrogens is 304 g/mol. The molecule has 0 aliphatic heterocycles. The number of benzene rings is 1. The highest BCUT2D eigenvalue weighted by molar-refractivity contribution is 14.1. The van der Waals surface area contributed by atoms with Crippen molar-refractivity contribution >= 4 is 22.6 Å². The van der Waals surface area contributed by atoms with Crippen molar-refractivity contribution in [1.29, 1.82) is 0 Å². The molecule has 1 nitrogen and oxygen atoms in total. The second-order valence-corrected chi connectivity index (χ2v) is 4.30. The number of rotatable bonds is 3. The van der Waals surface area contributed by atoms with E-state index >= 15 is 0 Å². The number of hydrogen-bond donors (Lipinski definition) is 1. The molecular formula is C12H13FIN.